The van der Waals surface area contributed by atoms with Crippen molar-refractivity contribution in [1.82, 2.24) is 4.98 Å². The Kier molecular flexibility index (Phi) is 4.90. The van der Waals surface area contributed by atoms with Gasteiger partial charge in [-0.3, -0.25) is 0 Å². The lowest BCUT2D eigenvalue weighted by Gasteiger charge is -2.12. The Bertz CT molecular complexity index is 1020. The number of rotatable bonds is 6. The van der Waals surface area contributed by atoms with Crippen LogP contribution in [0.2, 0.25) is 0 Å². The molecule has 0 unspecified atom stereocenters. The second-order valence-corrected chi connectivity index (χ2v) is 8.11. The number of hydrogen-bond acceptors (Lipinski definition) is 4. The summed E-state index contributed by atoms with van der Waals surface area (Å²) in [4.78, 5) is 5.97. The number of anilines is 2. The highest BCUT2D eigenvalue weighted by Crippen LogP contribution is 2.37. The minimum absolute atomic E-state index is 0.737. The molecule has 1 aromatic heterocycles. The molecular formula is C23H23N3S. The second kappa shape index (κ2) is 7.49. The van der Waals surface area contributed by atoms with E-state index in [1.165, 1.54) is 18.4 Å². The third-order valence-corrected chi connectivity index (χ3v) is 5.65. The van der Waals surface area contributed by atoms with Crippen LogP contribution in [0.25, 0.3) is 10.8 Å². The minimum Gasteiger partial charge on any atom is -0.399 e. The molecule has 3 nitrogen and oxygen atoms in total. The van der Waals surface area contributed by atoms with Gasteiger partial charge in [0.15, 0.2) is 0 Å². The van der Waals surface area contributed by atoms with Crippen molar-refractivity contribution in [2.45, 2.75) is 29.7 Å². The third-order valence-electron chi connectivity index (χ3n) is 4.72. The van der Waals surface area contributed by atoms with Gasteiger partial charge in [0.25, 0.3) is 0 Å². The number of fused-ring (bicyclic) bond motifs is 1. The van der Waals surface area contributed by atoms with Crippen molar-refractivity contribution < 1.29 is 0 Å². The molecule has 1 saturated carbocycles. The lowest BCUT2D eigenvalue weighted by molar-refractivity contribution is 1.00. The van der Waals surface area contributed by atoms with E-state index in [9.17, 15) is 0 Å². The van der Waals surface area contributed by atoms with Gasteiger partial charge >= 0.3 is 0 Å². The molecule has 3 aromatic rings. The maximum Gasteiger partial charge on any atom is 0.139 e. The van der Waals surface area contributed by atoms with Gasteiger partial charge in [-0.25, -0.2) is 4.98 Å². The summed E-state index contributed by atoms with van der Waals surface area (Å²) in [7, 11) is 0. The van der Waals surface area contributed by atoms with E-state index in [4.69, 9.17) is 10.7 Å². The van der Waals surface area contributed by atoms with Crippen molar-refractivity contribution in [3.8, 4) is 0 Å². The standard InChI is InChI=1S/C23H23N3S/c1-15(17-7-8-17)13-16(2)25-23-21-6-4-3-5-18(21)14-22(26-23)27-20-11-9-19(24)10-12-20/h3-6,9-14,17H,2,7-8,24H2,1H3,(H,25,26)/b15-13+. The molecule has 4 heteroatoms. The number of pyridine rings is 1. The van der Waals surface area contributed by atoms with Crippen LogP contribution in [0.15, 0.2) is 88.4 Å². The van der Waals surface area contributed by atoms with Crippen molar-refractivity contribution in [3.63, 3.8) is 0 Å². The van der Waals surface area contributed by atoms with E-state index in [1.54, 1.807) is 11.8 Å². The molecule has 0 bridgehead atoms. The minimum atomic E-state index is 0.737. The smallest absolute Gasteiger partial charge is 0.139 e. The summed E-state index contributed by atoms with van der Waals surface area (Å²) in [5.74, 6) is 1.58. The molecule has 0 amide bonds. The summed E-state index contributed by atoms with van der Waals surface area (Å²) in [5.41, 5.74) is 8.83. The van der Waals surface area contributed by atoms with Gasteiger partial charge in [0.05, 0.1) is 0 Å². The van der Waals surface area contributed by atoms with Crippen LogP contribution in [0.1, 0.15) is 19.8 Å². The summed E-state index contributed by atoms with van der Waals surface area (Å²) in [6.07, 6.45) is 4.74. The molecule has 0 spiro atoms. The van der Waals surface area contributed by atoms with Crippen LogP contribution in [0.4, 0.5) is 11.5 Å². The molecule has 4 rings (SSSR count). The lowest BCUT2D eigenvalue weighted by Crippen LogP contribution is -2.01. The summed E-state index contributed by atoms with van der Waals surface area (Å²) >= 11 is 1.63. The highest BCUT2D eigenvalue weighted by Gasteiger charge is 2.22. The maximum absolute atomic E-state index is 5.79. The van der Waals surface area contributed by atoms with Crippen LogP contribution in [0.5, 0.6) is 0 Å². The predicted octanol–water partition coefficient (Wildman–Crippen LogP) is 6.25. The van der Waals surface area contributed by atoms with Gasteiger partial charge in [-0.05, 0) is 67.5 Å². The fraction of sp³-hybridized carbons (Fsp3) is 0.174. The Morgan fingerprint density at radius 3 is 2.67 bits per heavy atom. The number of nitrogens with zero attached hydrogens (tertiary/aromatic N) is 1. The number of nitrogen functional groups attached to an aromatic ring is 1. The zero-order chi connectivity index (χ0) is 18.8. The number of nitrogens with two attached hydrogens (primary N) is 1. The number of nitrogens with one attached hydrogen (secondary N) is 1. The Morgan fingerprint density at radius 2 is 1.93 bits per heavy atom. The topological polar surface area (TPSA) is 50.9 Å². The third kappa shape index (κ3) is 4.34. The zero-order valence-electron chi connectivity index (χ0n) is 15.4. The predicted molar refractivity (Wildman–Crippen MR) is 116 cm³/mol. The molecule has 1 aliphatic rings. The summed E-state index contributed by atoms with van der Waals surface area (Å²) in [5, 5.41) is 6.61. The van der Waals surface area contributed by atoms with Crippen molar-refractivity contribution in [2.75, 3.05) is 11.1 Å². The molecule has 0 atom stereocenters. The fourth-order valence-electron chi connectivity index (χ4n) is 3.10. The number of benzene rings is 2. The van der Waals surface area contributed by atoms with E-state index >= 15 is 0 Å². The number of aromatic nitrogens is 1. The first kappa shape index (κ1) is 17.7. The van der Waals surface area contributed by atoms with Gasteiger partial charge in [0, 0.05) is 21.7 Å². The molecule has 2 aromatic carbocycles. The van der Waals surface area contributed by atoms with Crippen molar-refractivity contribution in [1.29, 1.82) is 0 Å². The number of allylic oxidation sites excluding steroid dienone is 2. The van der Waals surface area contributed by atoms with Crippen LogP contribution in [0.3, 0.4) is 0 Å². The summed E-state index contributed by atoms with van der Waals surface area (Å²) in [6, 6.07) is 18.3. The largest absolute Gasteiger partial charge is 0.399 e. The van der Waals surface area contributed by atoms with E-state index < -0.39 is 0 Å². The first-order chi connectivity index (χ1) is 13.1. The average molecular weight is 374 g/mol. The molecule has 0 aliphatic heterocycles. The van der Waals surface area contributed by atoms with Crippen LogP contribution < -0.4 is 11.1 Å². The first-order valence-electron chi connectivity index (χ1n) is 9.16. The van der Waals surface area contributed by atoms with E-state index in [1.807, 2.05) is 30.3 Å². The molecule has 3 N–H and O–H groups in total. The molecule has 27 heavy (non-hydrogen) atoms. The van der Waals surface area contributed by atoms with Gasteiger partial charge in [-0.2, -0.15) is 0 Å². The van der Waals surface area contributed by atoms with Gasteiger partial charge in [-0.15, -0.1) is 0 Å². The van der Waals surface area contributed by atoms with Crippen LogP contribution >= 0.6 is 11.8 Å². The zero-order valence-corrected chi connectivity index (χ0v) is 16.2. The van der Waals surface area contributed by atoms with Gasteiger partial charge in [0.1, 0.15) is 10.8 Å². The molecule has 136 valence electrons. The Morgan fingerprint density at radius 1 is 1.19 bits per heavy atom. The van der Waals surface area contributed by atoms with Gasteiger partial charge < -0.3 is 11.1 Å². The molecule has 1 heterocycles. The normalized spacial score (nSPS) is 14.3. The average Bonchev–Trinajstić information content (AvgIpc) is 3.49. The van der Waals surface area contributed by atoms with Crippen molar-refractivity contribution in [3.05, 3.63) is 78.5 Å². The van der Waals surface area contributed by atoms with E-state index in [2.05, 4.69) is 49.2 Å². The van der Waals surface area contributed by atoms with Crippen LogP contribution in [-0.2, 0) is 0 Å². The molecule has 0 saturated heterocycles. The van der Waals surface area contributed by atoms with Crippen LogP contribution in [0, 0.1) is 5.92 Å². The van der Waals surface area contributed by atoms with Crippen molar-refractivity contribution >= 4 is 34.0 Å². The number of hydrogen-bond donors (Lipinski definition) is 2. The summed E-state index contributed by atoms with van der Waals surface area (Å²) in [6.45, 7) is 6.37. The Hall–Kier alpha value is -2.72. The SMILES string of the molecule is C=C(/C=C(\C)C1CC1)Nc1nc(Sc2ccc(N)cc2)cc2ccccc12. The van der Waals surface area contributed by atoms with Crippen molar-refractivity contribution in [2.24, 2.45) is 5.92 Å². The summed E-state index contributed by atoms with van der Waals surface area (Å²) < 4.78 is 0. The molecule has 0 radical (unpaired) electrons. The van der Waals surface area contributed by atoms with E-state index in [0.29, 0.717) is 0 Å². The molecule has 1 fully saturated rings. The quantitative estimate of drug-likeness (QED) is 0.396. The fourth-order valence-corrected chi connectivity index (χ4v) is 3.93. The molecule has 1 aliphatic carbocycles. The second-order valence-electron chi connectivity index (χ2n) is 7.01. The van der Waals surface area contributed by atoms with E-state index in [0.717, 1.165) is 43.8 Å². The highest BCUT2D eigenvalue weighted by atomic mass is 32.2. The monoisotopic (exact) mass is 373 g/mol. The Labute approximate surface area is 164 Å². The molecular weight excluding hydrogens is 350 g/mol. The highest BCUT2D eigenvalue weighted by molar-refractivity contribution is 7.99. The van der Waals surface area contributed by atoms with E-state index in [-0.39, 0.29) is 0 Å². The lowest BCUT2D eigenvalue weighted by atomic mass is 10.1. The Balaban J connectivity index is 1.64. The first-order valence-corrected chi connectivity index (χ1v) is 9.97. The maximum atomic E-state index is 5.79. The van der Waals surface area contributed by atoms with Crippen LogP contribution in [-0.4, -0.2) is 4.98 Å². The van der Waals surface area contributed by atoms with Gasteiger partial charge in [-0.1, -0.05) is 48.2 Å². The van der Waals surface area contributed by atoms with Gasteiger partial charge in [0.2, 0.25) is 0 Å².